The molecule has 1 heterocycles. The minimum Gasteiger partial charge on any atom is -0.466 e. The lowest BCUT2D eigenvalue weighted by molar-refractivity contribution is 0.145. The van der Waals surface area contributed by atoms with Crippen LogP contribution in [0.4, 0.5) is 0 Å². The molecule has 6 heteroatoms. The van der Waals surface area contributed by atoms with Crippen LogP contribution >= 0.6 is 11.3 Å². The van der Waals surface area contributed by atoms with Crippen LogP contribution in [0.15, 0.2) is 0 Å². The molecule has 1 rings (SSSR count). The number of methoxy groups -OCH3 is 1. The second-order valence-electron chi connectivity index (χ2n) is 3.83. The number of hydrogen-bond donors (Lipinski definition) is 1. The molecule has 0 aliphatic heterocycles. The molecule has 92 valence electrons. The van der Waals surface area contributed by atoms with Crippen LogP contribution in [0.5, 0.6) is 5.19 Å². The molecular formula is C10H19N3O2S. The molecule has 0 fully saturated rings. The van der Waals surface area contributed by atoms with Gasteiger partial charge in [-0.2, -0.15) is 0 Å². The number of ether oxygens (including phenoxy) is 2. The zero-order valence-corrected chi connectivity index (χ0v) is 10.8. The van der Waals surface area contributed by atoms with Crippen molar-refractivity contribution < 1.29 is 9.47 Å². The van der Waals surface area contributed by atoms with Crippen molar-refractivity contribution in [2.45, 2.75) is 20.4 Å². The van der Waals surface area contributed by atoms with Crippen LogP contribution < -0.4 is 10.1 Å². The van der Waals surface area contributed by atoms with Crippen LogP contribution in [0.1, 0.15) is 18.9 Å². The van der Waals surface area contributed by atoms with Gasteiger partial charge >= 0.3 is 0 Å². The summed E-state index contributed by atoms with van der Waals surface area (Å²) in [5.74, 6) is 0.644. The maximum Gasteiger partial charge on any atom is 0.294 e. The van der Waals surface area contributed by atoms with Crippen molar-refractivity contribution in [3.05, 3.63) is 5.01 Å². The lowest BCUT2D eigenvalue weighted by Crippen LogP contribution is -2.18. The monoisotopic (exact) mass is 245 g/mol. The summed E-state index contributed by atoms with van der Waals surface area (Å²) in [6.07, 6.45) is 0. The molecule has 1 aromatic heterocycles. The van der Waals surface area contributed by atoms with Gasteiger partial charge < -0.3 is 14.8 Å². The molecule has 1 N–H and O–H groups in total. The number of aromatic nitrogens is 2. The highest BCUT2D eigenvalue weighted by molar-refractivity contribution is 7.13. The second kappa shape index (κ2) is 7.54. The molecule has 5 nitrogen and oxygen atoms in total. The Morgan fingerprint density at radius 1 is 1.31 bits per heavy atom. The van der Waals surface area contributed by atoms with Gasteiger partial charge in [-0.3, -0.25) is 0 Å². The minimum absolute atomic E-state index is 0.518. The summed E-state index contributed by atoms with van der Waals surface area (Å²) in [7, 11) is 1.64. The van der Waals surface area contributed by atoms with Crippen LogP contribution in [0, 0.1) is 5.92 Å². The predicted molar refractivity (Wildman–Crippen MR) is 63.8 cm³/mol. The first-order chi connectivity index (χ1) is 7.72. The summed E-state index contributed by atoms with van der Waals surface area (Å²) in [5, 5.41) is 12.8. The van der Waals surface area contributed by atoms with Crippen molar-refractivity contribution in [2.75, 3.05) is 26.9 Å². The van der Waals surface area contributed by atoms with E-state index < -0.39 is 0 Å². The first kappa shape index (κ1) is 13.3. The topological polar surface area (TPSA) is 56.3 Å². The molecule has 0 aliphatic carbocycles. The maximum absolute atomic E-state index is 5.35. The Kier molecular flexibility index (Phi) is 6.29. The van der Waals surface area contributed by atoms with Gasteiger partial charge in [-0.25, -0.2) is 0 Å². The van der Waals surface area contributed by atoms with Gasteiger partial charge in [-0.1, -0.05) is 25.2 Å². The Balaban J connectivity index is 2.22. The van der Waals surface area contributed by atoms with E-state index in [1.807, 2.05) is 0 Å². The third-order valence-electron chi connectivity index (χ3n) is 1.79. The van der Waals surface area contributed by atoms with Gasteiger partial charge in [-0.05, 0) is 12.5 Å². The van der Waals surface area contributed by atoms with Crippen molar-refractivity contribution in [1.82, 2.24) is 15.5 Å². The predicted octanol–water partition coefficient (Wildman–Crippen LogP) is 1.31. The highest BCUT2D eigenvalue weighted by Crippen LogP contribution is 2.17. The average molecular weight is 245 g/mol. The van der Waals surface area contributed by atoms with E-state index in [0.29, 0.717) is 24.3 Å². The Hall–Kier alpha value is -0.720. The van der Waals surface area contributed by atoms with E-state index in [1.165, 1.54) is 11.3 Å². The number of nitrogens with zero attached hydrogens (tertiary/aromatic N) is 2. The van der Waals surface area contributed by atoms with Gasteiger partial charge in [-0.15, -0.1) is 10.2 Å². The second-order valence-corrected chi connectivity index (χ2v) is 4.85. The molecule has 0 aliphatic rings. The zero-order valence-electron chi connectivity index (χ0n) is 10.0. The molecule has 0 radical (unpaired) electrons. The van der Waals surface area contributed by atoms with Gasteiger partial charge in [0.15, 0.2) is 0 Å². The zero-order chi connectivity index (χ0) is 11.8. The van der Waals surface area contributed by atoms with Gasteiger partial charge in [0.1, 0.15) is 11.6 Å². The Labute approximate surface area is 100 Å². The smallest absolute Gasteiger partial charge is 0.294 e. The first-order valence-corrected chi connectivity index (χ1v) is 6.19. The summed E-state index contributed by atoms with van der Waals surface area (Å²) < 4.78 is 10.2. The van der Waals surface area contributed by atoms with E-state index in [1.54, 1.807) is 7.11 Å². The molecule has 0 unspecified atom stereocenters. The molecule has 16 heavy (non-hydrogen) atoms. The maximum atomic E-state index is 5.35. The van der Waals surface area contributed by atoms with Crippen molar-refractivity contribution in [3.8, 4) is 5.19 Å². The fraction of sp³-hybridized carbons (Fsp3) is 0.800. The molecule has 0 spiro atoms. The quantitative estimate of drug-likeness (QED) is 0.700. The van der Waals surface area contributed by atoms with Crippen LogP contribution in [-0.2, 0) is 11.3 Å². The third-order valence-corrected chi connectivity index (χ3v) is 2.63. The van der Waals surface area contributed by atoms with Crippen LogP contribution in [-0.4, -0.2) is 37.1 Å². The number of nitrogens with one attached hydrogen (secondary N) is 1. The molecule has 0 amide bonds. The SMILES string of the molecule is COCCOc1nnc(CNCC(C)C)s1. The van der Waals surface area contributed by atoms with Crippen molar-refractivity contribution >= 4 is 11.3 Å². The molecular weight excluding hydrogens is 226 g/mol. The highest BCUT2D eigenvalue weighted by Gasteiger charge is 2.04. The highest BCUT2D eigenvalue weighted by atomic mass is 32.1. The minimum atomic E-state index is 0.518. The lowest BCUT2D eigenvalue weighted by atomic mass is 10.2. The van der Waals surface area contributed by atoms with Gasteiger partial charge in [0.25, 0.3) is 5.19 Å². The van der Waals surface area contributed by atoms with E-state index in [9.17, 15) is 0 Å². The molecule has 0 atom stereocenters. The summed E-state index contributed by atoms with van der Waals surface area (Å²) >= 11 is 1.47. The van der Waals surface area contributed by atoms with Crippen LogP contribution in [0.3, 0.4) is 0 Å². The molecule has 1 aromatic rings. The molecule has 0 bridgehead atoms. The molecule has 0 saturated carbocycles. The Bertz CT molecular complexity index is 291. The van der Waals surface area contributed by atoms with Crippen molar-refractivity contribution in [1.29, 1.82) is 0 Å². The van der Waals surface area contributed by atoms with E-state index in [0.717, 1.165) is 18.1 Å². The van der Waals surface area contributed by atoms with E-state index >= 15 is 0 Å². The van der Waals surface area contributed by atoms with E-state index in [2.05, 4.69) is 29.4 Å². The fourth-order valence-corrected chi connectivity index (χ4v) is 1.73. The summed E-state index contributed by atoms with van der Waals surface area (Å²) in [6.45, 7) is 7.17. The summed E-state index contributed by atoms with van der Waals surface area (Å²) in [5.41, 5.74) is 0. The Morgan fingerprint density at radius 3 is 2.81 bits per heavy atom. The van der Waals surface area contributed by atoms with Gasteiger partial charge in [0, 0.05) is 13.7 Å². The third kappa shape index (κ3) is 5.39. The largest absolute Gasteiger partial charge is 0.466 e. The van der Waals surface area contributed by atoms with Crippen LogP contribution in [0.25, 0.3) is 0 Å². The first-order valence-electron chi connectivity index (χ1n) is 5.37. The van der Waals surface area contributed by atoms with Crippen molar-refractivity contribution in [2.24, 2.45) is 5.92 Å². The van der Waals surface area contributed by atoms with Crippen LogP contribution in [0.2, 0.25) is 0 Å². The normalized spacial score (nSPS) is 11.0. The number of rotatable bonds is 8. The van der Waals surface area contributed by atoms with Gasteiger partial charge in [0.2, 0.25) is 0 Å². The average Bonchev–Trinajstić information content (AvgIpc) is 2.66. The van der Waals surface area contributed by atoms with E-state index in [4.69, 9.17) is 9.47 Å². The van der Waals surface area contributed by atoms with Gasteiger partial charge in [0.05, 0.1) is 6.61 Å². The standard InChI is InChI=1S/C10H19N3O2S/c1-8(2)6-11-7-9-12-13-10(16-9)15-5-4-14-3/h8,11H,4-7H2,1-3H3. The molecule has 0 aromatic carbocycles. The molecule has 0 saturated heterocycles. The van der Waals surface area contributed by atoms with Crippen molar-refractivity contribution in [3.63, 3.8) is 0 Å². The van der Waals surface area contributed by atoms with E-state index in [-0.39, 0.29) is 0 Å². The number of hydrogen-bond acceptors (Lipinski definition) is 6. The summed E-state index contributed by atoms with van der Waals surface area (Å²) in [6, 6.07) is 0. The Morgan fingerprint density at radius 2 is 2.12 bits per heavy atom. The lowest BCUT2D eigenvalue weighted by Gasteiger charge is -2.03. The fourth-order valence-electron chi connectivity index (χ4n) is 1.05. The summed E-state index contributed by atoms with van der Waals surface area (Å²) in [4.78, 5) is 0.